The Balaban J connectivity index is 2.24. The smallest absolute Gasteiger partial charge is 0.244 e. The van der Waals surface area contributed by atoms with Crippen molar-refractivity contribution in [3.05, 3.63) is 89.2 Å². The molecule has 0 atom stereocenters. The first-order chi connectivity index (χ1) is 17.9. The van der Waals surface area contributed by atoms with Crippen LogP contribution in [0.2, 0.25) is 0 Å². The van der Waals surface area contributed by atoms with Gasteiger partial charge in [-0.15, -0.1) is 0 Å². The molecule has 0 fully saturated rings. The molecule has 3 rings (SSSR count). The van der Waals surface area contributed by atoms with Gasteiger partial charge in [-0.05, 0) is 11.1 Å². The van der Waals surface area contributed by atoms with Gasteiger partial charge in [0.1, 0.15) is 4.90 Å². The molecule has 0 saturated carbocycles. The maximum atomic E-state index is 15.7. The molecule has 0 aliphatic rings. The number of amides is 1. The van der Waals surface area contributed by atoms with E-state index in [0.29, 0.717) is 11.1 Å². The summed E-state index contributed by atoms with van der Waals surface area (Å²) >= 11 is 0. The van der Waals surface area contributed by atoms with Gasteiger partial charge in [0.15, 0.2) is 32.2 Å². The summed E-state index contributed by atoms with van der Waals surface area (Å²) in [6, 6.07) is 15.2. The van der Waals surface area contributed by atoms with E-state index < -0.39 is 83.5 Å². The molecule has 0 bridgehead atoms. The van der Waals surface area contributed by atoms with Gasteiger partial charge < -0.3 is 15.7 Å². The van der Waals surface area contributed by atoms with Crippen LogP contribution >= 0.6 is 0 Å². The van der Waals surface area contributed by atoms with Gasteiger partial charge in [-0.3, -0.25) is 4.79 Å². The fourth-order valence-electron chi connectivity index (χ4n) is 3.70. The second-order valence-electron chi connectivity index (χ2n) is 8.06. The van der Waals surface area contributed by atoms with E-state index in [0.717, 1.165) is 0 Å². The van der Waals surface area contributed by atoms with Crippen LogP contribution in [-0.2, 0) is 24.7 Å². The Morgan fingerprint density at radius 2 is 1.34 bits per heavy atom. The van der Waals surface area contributed by atoms with Crippen molar-refractivity contribution in [1.29, 1.82) is 0 Å². The molecule has 5 N–H and O–H groups in total. The summed E-state index contributed by atoms with van der Waals surface area (Å²) in [7, 11) is -10.1. The largest absolute Gasteiger partial charge is 0.395 e. The Labute approximate surface area is 217 Å². The third kappa shape index (κ3) is 6.51. The van der Waals surface area contributed by atoms with E-state index in [1.807, 2.05) is 0 Å². The molecule has 14 heteroatoms. The zero-order valence-corrected chi connectivity index (χ0v) is 21.3. The number of sulfonamides is 1. The lowest BCUT2D eigenvalue weighted by Gasteiger charge is -2.24. The minimum Gasteiger partial charge on any atom is -0.395 e. The predicted octanol–water partition coefficient (Wildman–Crippen LogP) is 2.23. The van der Waals surface area contributed by atoms with Crippen LogP contribution in [0.5, 0.6) is 0 Å². The van der Waals surface area contributed by atoms with Crippen molar-refractivity contribution in [2.75, 3.05) is 24.2 Å². The molecule has 3 aromatic rings. The van der Waals surface area contributed by atoms with E-state index >= 15 is 8.78 Å². The second kappa shape index (κ2) is 11.9. The highest BCUT2D eigenvalue weighted by molar-refractivity contribution is 7.91. The van der Waals surface area contributed by atoms with Gasteiger partial charge in [-0.25, -0.2) is 35.1 Å². The average molecular weight is 572 g/mol. The first-order valence-electron chi connectivity index (χ1n) is 11.1. The molecule has 0 aliphatic carbocycles. The lowest BCUT2D eigenvalue weighted by Crippen LogP contribution is -2.29. The standard InChI is InChI=1S/C24H24F3N3O6S2/c25-18-19(26)24(37(33,34)14-11-17(32)29-12-13-31)22(20(27)23(18)38(28,35)36)30-21(15-7-3-1-4-8-15)16-9-5-2-6-10-16/h1-10,21,30-31H,11-14H2,(H,29,32)(H2,28,35,36). The van der Waals surface area contributed by atoms with Gasteiger partial charge in [0, 0.05) is 13.0 Å². The monoisotopic (exact) mass is 571 g/mol. The molecule has 0 aromatic heterocycles. The van der Waals surface area contributed by atoms with Gasteiger partial charge in [0.2, 0.25) is 15.9 Å². The SMILES string of the molecule is NS(=O)(=O)c1c(F)c(F)c(S(=O)(=O)CCC(=O)NCCO)c(NC(c2ccccc2)c2ccccc2)c1F. The minimum absolute atomic E-state index is 0.178. The van der Waals surface area contributed by atoms with Crippen molar-refractivity contribution >= 4 is 31.5 Å². The molecule has 38 heavy (non-hydrogen) atoms. The van der Waals surface area contributed by atoms with Crippen molar-refractivity contribution in [2.45, 2.75) is 22.3 Å². The van der Waals surface area contributed by atoms with Gasteiger partial charge in [-0.1, -0.05) is 60.7 Å². The lowest BCUT2D eigenvalue weighted by molar-refractivity contribution is -0.120. The highest BCUT2D eigenvalue weighted by atomic mass is 32.2. The summed E-state index contributed by atoms with van der Waals surface area (Å²) in [6.07, 6.45) is -0.734. The van der Waals surface area contributed by atoms with Crippen LogP contribution in [0.4, 0.5) is 18.9 Å². The molecule has 3 aromatic carbocycles. The highest BCUT2D eigenvalue weighted by Gasteiger charge is 2.37. The van der Waals surface area contributed by atoms with Crippen molar-refractivity contribution in [3.63, 3.8) is 0 Å². The molecular weight excluding hydrogens is 547 g/mol. The Bertz CT molecular complexity index is 1480. The van der Waals surface area contributed by atoms with Crippen LogP contribution in [0, 0.1) is 17.5 Å². The number of nitrogens with one attached hydrogen (secondary N) is 2. The zero-order chi connectivity index (χ0) is 28.1. The van der Waals surface area contributed by atoms with E-state index in [1.165, 1.54) is 0 Å². The number of sulfone groups is 1. The minimum atomic E-state index is -5.19. The zero-order valence-electron chi connectivity index (χ0n) is 19.7. The highest BCUT2D eigenvalue weighted by Crippen LogP contribution is 2.38. The third-order valence-electron chi connectivity index (χ3n) is 5.42. The van der Waals surface area contributed by atoms with E-state index in [9.17, 15) is 26.0 Å². The van der Waals surface area contributed by atoms with Crippen LogP contribution in [-0.4, -0.2) is 46.8 Å². The molecule has 204 valence electrons. The number of aliphatic hydroxyl groups is 1. The Kier molecular flexibility index (Phi) is 9.14. The first-order valence-corrected chi connectivity index (χ1v) is 14.3. The molecule has 9 nitrogen and oxygen atoms in total. The summed E-state index contributed by atoms with van der Waals surface area (Å²) in [5.74, 6) is -8.33. The predicted molar refractivity (Wildman–Crippen MR) is 133 cm³/mol. The number of primary sulfonamides is 1. The molecule has 0 saturated heterocycles. The number of halogens is 3. The Morgan fingerprint density at radius 3 is 1.82 bits per heavy atom. The normalized spacial score (nSPS) is 11.9. The fraction of sp³-hybridized carbons (Fsp3) is 0.208. The number of carbonyl (C=O) groups is 1. The van der Waals surface area contributed by atoms with Gasteiger partial charge in [0.25, 0.3) is 0 Å². The number of hydrogen-bond acceptors (Lipinski definition) is 7. The molecule has 0 unspecified atom stereocenters. The maximum Gasteiger partial charge on any atom is 0.244 e. The number of anilines is 1. The van der Waals surface area contributed by atoms with E-state index in [-0.39, 0.29) is 6.54 Å². The van der Waals surface area contributed by atoms with E-state index in [2.05, 4.69) is 10.6 Å². The molecule has 1 amide bonds. The van der Waals surface area contributed by atoms with Gasteiger partial charge in [0.05, 0.1) is 24.1 Å². The summed E-state index contributed by atoms with van der Waals surface area (Å²) in [5.41, 5.74) is -0.264. The van der Waals surface area contributed by atoms with Crippen molar-refractivity contribution < 1.29 is 39.9 Å². The van der Waals surface area contributed by atoms with Crippen molar-refractivity contribution in [1.82, 2.24) is 5.32 Å². The van der Waals surface area contributed by atoms with Crippen LogP contribution < -0.4 is 15.8 Å². The molecule has 0 aliphatic heterocycles. The third-order valence-corrected chi connectivity index (χ3v) is 8.09. The number of aliphatic hydroxyl groups excluding tert-OH is 1. The Morgan fingerprint density at radius 1 is 0.842 bits per heavy atom. The number of carbonyl (C=O) groups excluding carboxylic acids is 1. The topological polar surface area (TPSA) is 156 Å². The summed E-state index contributed by atoms with van der Waals surface area (Å²) in [4.78, 5) is 8.53. The van der Waals surface area contributed by atoms with E-state index in [4.69, 9.17) is 10.2 Å². The lowest BCUT2D eigenvalue weighted by atomic mass is 9.98. The first kappa shape index (κ1) is 29.1. The van der Waals surface area contributed by atoms with Crippen LogP contribution in [0.1, 0.15) is 23.6 Å². The fourth-order valence-corrected chi connectivity index (χ4v) is 5.87. The number of rotatable bonds is 11. The van der Waals surface area contributed by atoms with Crippen molar-refractivity contribution in [3.8, 4) is 0 Å². The summed E-state index contributed by atoms with van der Waals surface area (Å²) in [5, 5.41) is 18.5. The quantitative estimate of drug-likeness (QED) is 0.257. The van der Waals surface area contributed by atoms with Crippen LogP contribution in [0.3, 0.4) is 0 Å². The summed E-state index contributed by atoms with van der Waals surface area (Å²) in [6.45, 7) is -0.602. The second-order valence-corrected chi connectivity index (χ2v) is 11.6. The summed E-state index contributed by atoms with van der Waals surface area (Å²) < 4.78 is 96.0. The van der Waals surface area contributed by atoms with Crippen LogP contribution in [0.15, 0.2) is 70.5 Å². The molecular formula is C24H24F3N3O6S2. The molecule has 0 radical (unpaired) electrons. The Hall–Kier alpha value is -3.46. The van der Waals surface area contributed by atoms with Crippen molar-refractivity contribution in [2.24, 2.45) is 5.14 Å². The van der Waals surface area contributed by atoms with Gasteiger partial charge >= 0.3 is 0 Å². The molecule has 0 heterocycles. The number of hydrogen-bond donors (Lipinski definition) is 4. The average Bonchev–Trinajstić information content (AvgIpc) is 2.87. The maximum absolute atomic E-state index is 15.7. The van der Waals surface area contributed by atoms with Gasteiger partial charge in [-0.2, -0.15) is 0 Å². The molecule has 0 spiro atoms. The van der Waals surface area contributed by atoms with E-state index in [1.54, 1.807) is 60.7 Å². The number of nitrogens with two attached hydrogens (primary N) is 1. The number of benzene rings is 3. The van der Waals surface area contributed by atoms with Crippen LogP contribution in [0.25, 0.3) is 0 Å².